The zero-order chi connectivity index (χ0) is 17.6. The van der Waals surface area contributed by atoms with E-state index in [1.165, 1.54) is 19.2 Å². The SMILES string of the molecule is COc1c(F)cc(B2OC(C)(C)C(C)(C)O2)cc1CS(N)(=O)=O. The number of ether oxygens (including phenoxy) is 1. The minimum absolute atomic E-state index is 0.125. The van der Waals surface area contributed by atoms with Gasteiger partial charge in [-0.2, -0.15) is 0 Å². The number of rotatable bonds is 4. The van der Waals surface area contributed by atoms with Crippen LogP contribution >= 0.6 is 0 Å². The van der Waals surface area contributed by atoms with Gasteiger partial charge >= 0.3 is 7.12 Å². The maximum atomic E-state index is 14.3. The molecule has 1 heterocycles. The monoisotopic (exact) mass is 345 g/mol. The summed E-state index contributed by atoms with van der Waals surface area (Å²) in [4.78, 5) is 0. The van der Waals surface area contributed by atoms with E-state index >= 15 is 0 Å². The van der Waals surface area contributed by atoms with E-state index in [-0.39, 0.29) is 11.3 Å². The molecule has 2 N–H and O–H groups in total. The molecule has 0 saturated carbocycles. The lowest BCUT2D eigenvalue weighted by Crippen LogP contribution is -2.41. The summed E-state index contributed by atoms with van der Waals surface area (Å²) in [5, 5.41) is 5.06. The maximum absolute atomic E-state index is 14.3. The smallest absolute Gasteiger partial charge is 0.493 e. The van der Waals surface area contributed by atoms with Crippen molar-refractivity contribution in [3.8, 4) is 5.75 Å². The highest BCUT2D eigenvalue weighted by Crippen LogP contribution is 2.37. The van der Waals surface area contributed by atoms with Crippen molar-refractivity contribution in [3.05, 3.63) is 23.5 Å². The molecule has 2 rings (SSSR count). The predicted octanol–water partition coefficient (Wildman–Crippen LogP) is 0.922. The van der Waals surface area contributed by atoms with Gasteiger partial charge < -0.3 is 14.0 Å². The summed E-state index contributed by atoms with van der Waals surface area (Å²) in [6.07, 6.45) is 0. The number of hydrogen-bond acceptors (Lipinski definition) is 5. The van der Waals surface area contributed by atoms with E-state index in [2.05, 4.69) is 0 Å². The Morgan fingerprint density at radius 3 is 2.17 bits per heavy atom. The molecular weight excluding hydrogens is 324 g/mol. The summed E-state index contributed by atoms with van der Waals surface area (Å²) in [5.74, 6) is -1.39. The summed E-state index contributed by atoms with van der Waals surface area (Å²) in [5.41, 5.74) is -0.678. The summed E-state index contributed by atoms with van der Waals surface area (Å²) < 4.78 is 53.6. The normalized spacial score (nSPS) is 19.9. The first-order chi connectivity index (χ1) is 10.4. The number of sulfonamides is 1. The van der Waals surface area contributed by atoms with Crippen LogP contribution in [0, 0.1) is 5.82 Å². The minimum Gasteiger partial charge on any atom is -0.493 e. The van der Waals surface area contributed by atoms with Crippen molar-refractivity contribution < 1.29 is 26.9 Å². The van der Waals surface area contributed by atoms with Gasteiger partial charge in [0.25, 0.3) is 0 Å². The average molecular weight is 345 g/mol. The molecule has 9 heteroatoms. The fraction of sp³-hybridized carbons (Fsp3) is 0.571. The van der Waals surface area contributed by atoms with E-state index in [1.54, 1.807) is 0 Å². The Morgan fingerprint density at radius 1 is 1.22 bits per heavy atom. The van der Waals surface area contributed by atoms with Crippen molar-refractivity contribution in [2.24, 2.45) is 5.14 Å². The van der Waals surface area contributed by atoms with Gasteiger partial charge in [0.2, 0.25) is 10.0 Å². The van der Waals surface area contributed by atoms with Gasteiger partial charge in [0.1, 0.15) is 0 Å². The van der Waals surface area contributed by atoms with Crippen LogP contribution in [0.25, 0.3) is 0 Å². The maximum Gasteiger partial charge on any atom is 0.494 e. The van der Waals surface area contributed by atoms with E-state index in [9.17, 15) is 12.8 Å². The van der Waals surface area contributed by atoms with Crippen molar-refractivity contribution in [1.82, 2.24) is 0 Å². The van der Waals surface area contributed by atoms with E-state index in [0.29, 0.717) is 5.46 Å². The fourth-order valence-corrected chi connectivity index (χ4v) is 2.99. The van der Waals surface area contributed by atoms with Crippen LogP contribution in [-0.4, -0.2) is 33.8 Å². The number of primary sulfonamides is 1. The highest BCUT2D eigenvalue weighted by Gasteiger charge is 2.52. The quantitative estimate of drug-likeness (QED) is 0.820. The van der Waals surface area contributed by atoms with Gasteiger partial charge in [-0.3, -0.25) is 0 Å². The zero-order valence-corrected chi connectivity index (χ0v) is 14.7. The molecular formula is C14H21BFNO5S. The molecule has 0 radical (unpaired) electrons. The topological polar surface area (TPSA) is 87.8 Å². The number of methoxy groups -OCH3 is 1. The van der Waals surface area contributed by atoms with Gasteiger partial charge in [-0.15, -0.1) is 0 Å². The van der Waals surface area contributed by atoms with Crippen molar-refractivity contribution in [2.45, 2.75) is 44.6 Å². The fourth-order valence-electron chi connectivity index (χ4n) is 2.34. The largest absolute Gasteiger partial charge is 0.494 e. The molecule has 23 heavy (non-hydrogen) atoms. The first kappa shape index (κ1) is 18.2. The third-order valence-corrected chi connectivity index (χ3v) is 4.94. The molecule has 1 aromatic carbocycles. The van der Waals surface area contributed by atoms with Crippen molar-refractivity contribution in [1.29, 1.82) is 0 Å². The van der Waals surface area contributed by atoms with Gasteiger partial charge in [-0.05, 0) is 39.2 Å². The summed E-state index contributed by atoms with van der Waals surface area (Å²) in [6.45, 7) is 7.49. The molecule has 0 spiro atoms. The number of halogens is 1. The Bertz CT molecular complexity index is 704. The molecule has 1 aliphatic heterocycles. The van der Waals surface area contributed by atoms with Gasteiger partial charge in [-0.1, -0.05) is 6.07 Å². The van der Waals surface area contributed by atoms with Crippen LogP contribution in [0.5, 0.6) is 5.75 Å². The average Bonchev–Trinajstić information content (AvgIpc) is 2.56. The minimum atomic E-state index is -3.84. The van der Waals surface area contributed by atoms with Crippen molar-refractivity contribution in [3.63, 3.8) is 0 Å². The summed E-state index contributed by atoms with van der Waals surface area (Å²) >= 11 is 0. The number of benzene rings is 1. The van der Waals surface area contributed by atoms with Crippen LogP contribution in [0.3, 0.4) is 0 Å². The number of nitrogens with two attached hydrogens (primary N) is 1. The van der Waals surface area contributed by atoms with Crippen LogP contribution in [0.15, 0.2) is 12.1 Å². The van der Waals surface area contributed by atoms with Gasteiger partial charge in [-0.25, -0.2) is 17.9 Å². The summed E-state index contributed by atoms with van der Waals surface area (Å²) in [6, 6.07) is 2.70. The van der Waals surface area contributed by atoms with Crippen LogP contribution in [0.1, 0.15) is 33.3 Å². The Morgan fingerprint density at radius 2 is 1.74 bits per heavy atom. The highest BCUT2D eigenvalue weighted by atomic mass is 32.2. The highest BCUT2D eigenvalue weighted by molar-refractivity contribution is 7.88. The Hall–Kier alpha value is -1.16. The van der Waals surface area contributed by atoms with E-state index < -0.39 is 39.9 Å². The van der Waals surface area contributed by atoms with Crippen LogP contribution < -0.4 is 15.3 Å². The molecule has 1 aliphatic rings. The molecule has 0 unspecified atom stereocenters. The molecule has 0 aromatic heterocycles. The van der Waals surface area contributed by atoms with E-state index in [1.807, 2.05) is 27.7 Å². The van der Waals surface area contributed by atoms with Crippen LogP contribution in [0.4, 0.5) is 4.39 Å². The molecule has 0 atom stereocenters. The first-order valence-corrected chi connectivity index (χ1v) is 8.80. The zero-order valence-electron chi connectivity index (χ0n) is 13.8. The lowest BCUT2D eigenvalue weighted by molar-refractivity contribution is 0.00578. The lowest BCUT2D eigenvalue weighted by Gasteiger charge is -2.32. The summed E-state index contributed by atoms with van der Waals surface area (Å²) in [7, 11) is -3.38. The molecule has 0 amide bonds. The second-order valence-corrected chi connectivity index (χ2v) is 8.20. The predicted molar refractivity (Wildman–Crippen MR) is 85.5 cm³/mol. The molecule has 0 bridgehead atoms. The molecule has 1 fully saturated rings. The molecule has 1 aromatic rings. The molecule has 0 aliphatic carbocycles. The second kappa shape index (κ2) is 5.73. The van der Waals surface area contributed by atoms with Crippen molar-refractivity contribution >= 4 is 22.6 Å². The molecule has 1 saturated heterocycles. The van der Waals surface area contributed by atoms with Crippen LogP contribution in [0.2, 0.25) is 0 Å². The Kier molecular flexibility index (Phi) is 4.53. The van der Waals surface area contributed by atoms with Gasteiger partial charge in [0, 0.05) is 5.56 Å². The molecule has 6 nitrogen and oxygen atoms in total. The standard InChI is InChI=1S/C14H21BFNO5S/c1-13(2)14(3,4)22-15(21-13)10-6-9(8-23(17,18)19)12(20-5)11(16)7-10/h6-7H,8H2,1-5H3,(H2,17,18,19). The van der Waals surface area contributed by atoms with Gasteiger partial charge in [0.05, 0.1) is 24.1 Å². The Labute approximate surface area is 136 Å². The molecule has 128 valence electrons. The van der Waals surface area contributed by atoms with Crippen molar-refractivity contribution in [2.75, 3.05) is 7.11 Å². The third-order valence-electron chi connectivity index (χ3n) is 4.23. The first-order valence-electron chi connectivity index (χ1n) is 7.09. The van der Waals surface area contributed by atoms with Crippen LogP contribution in [-0.2, 0) is 25.1 Å². The van der Waals surface area contributed by atoms with Gasteiger partial charge in [0.15, 0.2) is 11.6 Å². The number of hydrogen-bond donors (Lipinski definition) is 1. The lowest BCUT2D eigenvalue weighted by atomic mass is 9.78. The third kappa shape index (κ3) is 3.68. The van der Waals surface area contributed by atoms with E-state index in [4.69, 9.17) is 19.2 Å². The Balaban J connectivity index is 2.46. The van der Waals surface area contributed by atoms with E-state index in [0.717, 1.165) is 0 Å². The second-order valence-electron chi connectivity index (χ2n) is 6.59.